The number of amides is 1. The number of carboxylic acids is 1. The van der Waals surface area contributed by atoms with Gasteiger partial charge in [0, 0.05) is 24.5 Å². The lowest BCUT2D eigenvalue weighted by Gasteiger charge is -2.37. The van der Waals surface area contributed by atoms with Crippen LogP contribution in [0.5, 0.6) is 11.5 Å². The number of aliphatic carboxylic acids is 1. The van der Waals surface area contributed by atoms with Gasteiger partial charge in [0.15, 0.2) is 11.5 Å². The summed E-state index contributed by atoms with van der Waals surface area (Å²) in [6.07, 6.45) is 1.08. The Balaban J connectivity index is 0.000000298. The molecule has 1 aromatic carbocycles. The number of carboxylic acid groups (broad SMARTS) is 1. The molecule has 1 aromatic rings. The van der Waals surface area contributed by atoms with E-state index in [2.05, 4.69) is 22.8 Å². The lowest BCUT2D eigenvalue weighted by Crippen LogP contribution is -2.47. The Bertz CT molecular complexity index is 761. The van der Waals surface area contributed by atoms with E-state index in [1.165, 1.54) is 5.56 Å². The molecule has 2 heterocycles. The first-order valence-corrected chi connectivity index (χ1v) is 9.40. The smallest absolute Gasteiger partial charge is 0.475 e. The molecule has 0 bridgehead atoms. The highest BCUT2D eigenvalue weighted by Gasteiger charge is 2.40. The van der Waals surface area contributed by atoms with Crippen LogP contribution in [0, 0.1) is 0 Å². The second-order valence-corrected chi connectivity index (χ2v) is 7.47. The van der Waals surface area contributed by atoms with Gasteiger partial charge in [0.1, 0.15) is 0 Å². The number of fused-ring (bicyclic) bond motifs is 1. The molecule has 1 spiro atoms. The number of alkyl halides is 3. The molecule has 0 atom stereocenters. The van der Waals surface area contributed by atoms with Gasteiger partial charge >= 0.3 is 12.1 Å². The summed E-state index contributed by atoms with van der Waals surface area (Å²) in [6, 6.07) is 6.65. The molecule has 2 aliphatic heterocycles. The van der Waals surface area contributed by atoms with Crippen molar-refractivity contribution in [2.75, 3.05) is 6.79 Å². The molecule has 1 aliphatic carbocycles. The predicted octanol–water partition coefficient (Wildman–Crippen LogP) is 2.73. The number of carbonyl (C=O) groups excluding carboxylic acids is 1. The molecular formula is C19H23F3N2O5. The fraction of sp³-hybridized carbons (Fsp3) is 0.579. The molecule has 160 valence electrons. The number of halogens is 3. The third kappa shape index (κ3) is 5.53. The van der Waals surface area contributed by atoms with Crippen molar-refractivity contribution in [3.8, 4) is 11.5 Å². The molecule has 1 saturated heterocycles. The van der Waals surface area contributed by atoms with Gasteiger partial charge in [-0.15, -0.1) is 0 Å². The Kier molecular flexibility index (Phi) is 6.21. The summed E-state index contributed by atoms with van der Waals surface area (Å²) in [4.78, 5) is 20.3. The topological polar surface area (TPSA) is 96.9 Å². The Hall–Kier alpha value is -2.49. The van der Waals surface area contributed by atoms with Crippen LogP contribution in [0.15, 0.2) is 18.2 Å². The van der Waals surface area contributed by atoms with Gasteiger partial charge in [0.25, 0.3) is 0 Å². The maximum absolute atomic E-state index is 11.5. The van der Waals surface area contributed by atoms with Crippen molar-refractivity contribution in [1.82, 2.24) is 10.6 Å². The minimum atomic E-state index is -5.08. The van der Waals surface area contributed by atoms with E-state index in [0.717, 1.165) is 50.1 Å². The van der Waals surface area contributed by atoms with Crippen LogP contribution in [0.25, 0.3) is 0 Å². The van der Waals surface area contributed by atoms with E-state index in [9.17, 15) is 18.0 Å². The van der Waals surface area contributed by atoms with E-state index in [4.69, 9.17) is 19.4 Å². The molecule has 2 fully saturated rings. The largest absolute Gasteiger partial charge is 0.490 e. The summed E-state index contributed by atoms with van der Waals surface area (Å²) in [5, 5.41) is 14.0. The van der Waals surface area contributed by atoms with Crippen molar-refractivity contribution in [3.63, 3.8) is 0 Å². The van der Waals surface area contributed by atoms with Crippen LogP contribution in [0.4, 0.5) is 13.2 Å². The van der Waals surface area contributed by atoms with Gasteiger partial charge in [-0.05, 0) is 49.8 Å². The molecular weight excluding hydrogens is 393 g/mol. The molecule has 1 saturated carbocycles. The third-order valence-electron chi connectivity index (χ3n) is 5.45. The van der Waals surface area contributed by atoms with Gasteiger partial charge in [-0.3, -0.25) is 4.79 Å². The summed E-state index contributed by atoms with van der Waals surface area (Å²) in [6.45, 7) is 1.17. The van der Waals surface area contributed by atoms with Crippen LogP contribution in [0.2, 0.25) is 0 Å². The number of hydrogen-bond acceptors (Lipinski definition) is 5. The first-order chi connectivity index (χ1) is 13.7. The van der Waals surface area contributed by atoms with Gasteiger partial charge < -0.3 is 25.2 Å². The summed E-state index contributed by atoms with van der Waals surface area (Å²) in [7, 11) is 0. The van der Waals surface area contributed by atoms with E-state index >= 15 is 0 Å². The molecule has 0 aromatic heterocycles. The molecule has 0 unspecified atom stereocenters. The molecule has 7 nitrogen and oxygen atoms in total. The fourth-order valence-corrected chi connectivity index (χ4v) is 3.84. The van der Waals surface area contributed by atoms with Gasteiger partial charge in [-0.1, -0.05) is 6.07 Å². The lowest BCUT2D eigenvalue weighted by atomic mass is 9.78. The van der Waals surface area contributed by atoms with Crippen LogP contribution >= 0.6 is 0 Å². The third-order valence-corrected chi connectivity index (χ3v) is 5.45. The number of rotatable bonds is 3. The van der Waals surface area contributed by atoms with Crippen molar-refractivity contribution >= 4 is 11.9 Å². The minimum Gasteiger partial charge on any atom is -0.475 e. The zero-order valence-electron chi connectivity index (χ0n) is 15.7. The SMILES string of the molecule is O=C(O)C(F)(F)F.O=C1CCC2(CCC(NCc3ccc4c(c3)OCO4)CC2)N1. The Morgan fingerprint density at radius 2 is 1.86 bits per heavy atom. The highest BCUT2D eigenvalue weighted by atomic mass is 19.4. The Morgan fingerprint density at radius 3 is 2.45 bits per heavy atom. The normalized spacial score (nSPS) is 25.3. The van der Waals surface area contributed by atoms with Gasteiger partial charge in [-0.2, -0.15) is 13.2 Å². The van der Waals surface area contributed by atoms with Crippen molar-refractivity contribution in [3.05, 3.63) is 23.8 Å². The summed E-state index contributed by atoms with van der Waals surface area (Å²) in [5.41, 5.74) is 1.33. The maximum Gasteiger partial charge on any atom is 0.490 e. The Labute approximate surface area is 165 Å². The number of carbonyl (C=O) groups is 2. The van der Waals surface area contributed by atoms with Crippen LogP contribution in [-0.2, 0) is 16.1 Å². The monoisotopic (exact) mass is 416 g/mol. The maximum atomic E-state index is 11.5. The fourth-order valence-electron chi connectivity index (χ4n) is 3.84. The molecule has 3 N–H and O–H groups in total. The number of nitrogens with one attached hydrogen (secondary N) is 2. The van der Waals surface area contributed by atoms with E-state index in [1.54, 1.807) is 0 Å². The second-order valence-electron chi connectivity index (χ2n) is 7.47. The van der Waals surface area contributed by atoms with Crippen molar-refractivity contribution < 1.29 is 37.3 Å². The summed E-state index contributed by atoms with van der Waals surface area (Å²) >= 11 is 0. The summed E-state index contributed by atoms with van der Waals surface area (Å²) < 4.78 is 42.5. The average Bonchev–Trinajstić information content (AvgIpc) is 3.27. The predicted molar refractivity (Wildman–Crippen MR) is 95.5 cm³/mol. The van der Waals surface area contributed by atoms with Crippen molar-refractivity contribution in [2.45, 2.75) is 62.8 Å². The van der Waals surface area contributed by atoms with E-state index in [0.29, 0.717) is 19.3 Å². The molecule has 1 amide bonds. The van der Waals surface area contributed by atoms with Gasteiger partial charge in [0.2, 0.25) is 12.7 Å². The lowest BCUT2D eigenvalue weighted by molar-refractivity contribution is -0.192. The molecule has 3 aliphatic rings. The first-order valence-electron chi connectivity index (χ1n) is 9.40. The average molecular weight is 416 g/mol. The van der Waals surface area contributed by atoms with Gasteiger partial charge in [-0.25, -0.2) is 4.79 Å². The van der Waals surface area contributed by atoms with Crippen LogP contribution in [0.3, 0.4) is 0 Å². The van der Waals surface area contributed by atoms with E-state index in [-0.39, 0.29) is 11.4 Å². The standard InChI is InChI=1S/C17H22N2O3.C2HF3O2/c20-16-5-8-17(19-16)6-3-13(4-7-17)18-10-12-1-2-14-15(9-12)22-11-21-14;3-2(4,5)1(6)7/h1-2,9,13,18H,3-8,10-11H2,(H,19,20);(H,6,7). The molecule has 4 rings (SSSR count). The zero-order chi connectivity index (χ0) is 21.1. The number of ether oxygens (including phenoxy) is 2. The minimum absolute atomic E-state index is 0.105. The quantitative estimate of drug-likeness (QED) is 0.701. The van der Waals surface area contributed by atoms with E-state index in [1.807, 2.05) is 6.07 Å². The second kappa shape index (κ2) is 8.48. The summed E-state index contributed by atoms with van der Waals surface area (Å²) in [5.74, 6) is -0.852. The van der Waals surface area contributed by atoms with Crippen molar-refractivity contribution in [1.29, 1.82) is 0 Å². The van der Waals surface area contributed by atoms with E-state index < -0.39 is 12.1 Å². The number of benzene rings is 1. The van der Waals surface area contributed by atoms with Crippen LogP contribution < -0.4 is 20.1 Å². The van der Waals surface area contributed by atoms with Crippen molar-refractivity contribution in [2.24, 2.45) is 0 Å². The van der Waals surface area contributed by atoms with Crippen LogP contribution in [0.1, 0.15) is 44.1 Å². The molecule has 10 heteroatoms. The highest BCUT2D eigenvalue weighted by Crippen LogP contribution is 2.36. The Morgan fingerprint density at radius 1 is 1.21 bits per heavy atom. The first kappa shape index (κ1) is 21.2. The number of hydrogen-bond donors (Lipinski definition) is 3. The zero-order valence-corrected chi connectivity index (χ0v) is 15.7. The van der Waals surface area contributed by atoms with Gasteiger partial charge in [0.05, 0.1) is 0 Å². The molecule has 29 heavy (non-hydrogen) atoms. The van der Waals surface area contributed by atoms with Crippen LogP contribution in [-0.4, -0.2) is 41.5 Å². The highest BCUT2D eigenvalue weighted by molar-refractivity contribution is 5.79. The molecule has 0 radical (unpaired) electrons.